The number of aryl methyl sites for hydroxylation is 2. The van der Waals surface area contributed by atoms with E-state index in [1.165, 1.54) is 21.3 Å². The summed E-state index contributed by atoms with van der Waals surface area (Å²) in [6, 6.07) is 4.40. The number of thiophene rings is 1. The summed E-state index contributed by atoms with van der Waals surface area (Å²) in [5.41, 5.74) is 6.07. The number of thioether (sulfide) groups is 1. The Labute approximate surface area is 114 Å². The molecule has 2 rings (SSSR count). The van der Waals surface area contributed by atoms with Crippen molar-refractivity contribution in [2.45, 2.75) is 36.4 Å². The predicted octanol–water partition coefficient (Wildman–Crippen LogP) is 3.40. The van der Waals surface area contributed by atoms with Gasteiger partial charge >= 0.3 is 0 Å². The molecule has 0 saturated carbocycles. The average molecular weight is 285 g/mol. The first-order chi connectivity index (χ1) is 8.06. The lowest BCUT2D eigenvalue weighted by Gasteiger charge is -2.17. The second kappa shape index (κ2) is 5.48. The molecule has 0 aromatic carbocycles. The third kappa shape index (κ3) is 3.28. The molecule has 3 nitrogen and oxygen atoms in total. The number of aromatic nitrogens is 2. The summed E-state index contributed by atoms with van der Waals surface area (Å²) in [7, 11) is 0. The molecule has 0 fully saturated rings. The maximum Gasteiger partial charge on any atom is 0.170 e. The van der Waals surface area contributed by atoms with Gasteiger partial charge in [-0.3, -0.25) is 0 Å². The van der Waals surface area contributed by atoms with Crippen molar-refractivity contribution < 1.29 is 0 Å². The summed E-state index contributed by atoms with van der Waals surface area (Å²) < 4.78 is 5.20. The number of hydrogen-bond donors (Lipinski definition) is 1. The van der Waals surface area contributed by atoms with Crippen molar-refractivity contribution in [1.82, 2.24) is 9.36 Å². The Kier molecular flexibility index (Phi) is 4.19. The lowest BCUT2D eigenvalue weighted by molar-refractivity contribution is 0.729. The number of nitrogens with two attached hydrogens (primary N) is 1. The largest absolute Gasteiger partial charge is 0.327 e. The van der Waals surface area contributed by atoms with Crippen LogP contribution in [0.1, 0.15) is 27.8 Å². The van der Waals surface area contributed by atoms with Gasteiger partial charge in [0, 0.05) is 15.8 Å². The molecule has 0 spiro atoms. The fourth-order valence-electron chi connectivity index (χ4n) is 1.47. The van der Waals surface area contributed by atoms with Crippen LogP contribution in [0.15, 0.2) is 16.5 Å². The van der Waals surface area contributed by atoms with Crippen LogP contribution in [0, 0.1) is 13.8 Å². The van der Waals surface area contributed by atoms with Crippen LogP contribution in [0.5, 0.6) is 0 Å². The van der Waals surface area contributed by atoms with Gasteiger partial charge in [-0.2, -0.15) is 4.37 Å². The highest BCUT2D eigenvalue weighted by Crippen LogP contribution is 2.40. The van der Waals surface area contributed by atoms with Crippen LogP contribution in [-0.2, 0) is 0 Å². The normalized spacial score (nSPS) is 14.8. The van der Waals surface area contributed by atoms with E-state index in [1.807, 2.05) is 13.8 Å². The van der Waals surface area contributed by atoms with Crippen LogP contribution < -0.4 is 5.73 Å². The molecule has 2 atom stereocenters. The minimum atomic E-state index is 0.0993. The first-order valence-electron chi connectivity index (χ1n) is 5.35. The van der Waals surface area contributed by atoms with Gasteiger partial charge in [0.2, 0.25) is 0 Å². The first-order valence-corrected chi connectivity index (χ1v) is 7.82. The van der Waals surface area contributed by atoms with Gasteiger partial charge < -0.3 is 5.73 Å². The van der Waals surface area contributed by atoms with E-state index in [4.69, 9.17) is 5.73 Å². The molecule has 0 aliphatic heterocycles. The number of hydrogen-bond acceptors (Lipinski definition) is 6. The topological polar surface area (TPSA) is 51.8 Å². The molecular formula is C11H15N3S3. The van der Waals surface area contributed by atoms with Crippen LogP contribution in [-0.4, -0.2) is 15.4 Å². The summed E-state index contributed by atoms with van der Waals surface area (Å²) in [6.45, 7) is 6.07. The second-order valence-electron chi connectivity index (χ2n) is 3.95. The highest BCUT2D eigenvalue weighted by atomic mass is 32.2. The van der Waals surface area contributed by atoms with E-state index in [-0.39, 0.29) is 11.3 Å². The van der Waals surface area contributed by atoms with Gasteiger partial charge in [0.25, 0.3) is 0 Å². The highest BCUT2D eigenvalue weighted by molar-refractivity contribution is 8.01. The molecule has 0 aliphatic carbocycles. The van der Waals surface area contributed by atoms with Crippen molar-refractivity contribution in [3.05, 3.63) is 27.7 Å². The Morgan fingerprint density at radius 2 is 2.12 bits per heavy atom. The smallest absolute Gasteiger partial charge is 0.170 e. The Hall–Kier alpha value is -0.430. The maximum atomic E-state index is 6.07. The van der Waals surface area contributed by atoms with E-state index in [0.29, 0.717) is 0 Å². The summed E-state index contributed by atoms with van der Waals surface area (Å²) in [6.07, 6.45) is 0. The number of rotatable bonds is 4. The van der Waals surface area contributed by atoms with Crippen molar-refractivity contribution in [2.24, 2.45) is 5.73 Å². The fraction of sp³-hybridized carbons (Fsp3) is 0.455. The molecule has 0 bridgehead atoms. The zero-order chi connectivity index (χ0) is 12.4. The van der Waals surface area contributed by atoms with Crippen LogP contribution in [0.3, 0.4) is 0 Å². The van der Waals surface area contributed by atoms with Gasteiger partial charge in [0.15, 0.2) is 4.34 Å². The molecule has 6 heteroatoms. The third-order valence-electron chi connectivity index (χ3n) is 2.26. The zero-order valence-corrected chi connectivity index (χ0v) is 12.5. The van der Waals surface area contributed by atoms with Crippen molar-refractivity contribution in [3.8, 4) is 0 Å². The van der Waals surface area contributed by atoms with Gasteiger partial charge in [0.1, 0.15) is 5.82 Å². The van der Waals surface area contributed by atoms with E-state index >= 15 is 0 Å². The van der Waals surface area contributed by atoms with Crippen molar-refractivity contribution in [1.29, 1.82) is 0 Å². The first kappa shape index (κ1) is 13.0. The summed E-state index contributed by atoms with van der Waals surface area (Å²) in [5, 5.41) is 0.265. The summed E-state index contributed by atoms with van der Waals surface area (Å²) in [5.74, 6) is 0.836. The van der Waals surface area contributed by atoms with Crippen LogP contribution in [0.2, 0.25) is 0 Å². The molecule has 0 radical (unpaired) electrons. The molecule has 2 N–H and O–H groups in total. The summed E-state index contributed by atoms with van der Waals surface area (Å²) in [4.78, 5) is 7.02. The lowest BCUT2D eigenvalue weighted by atomic mass is 10.2. The van der Waals surface area contributed by atoms with Gasteiger partial charge in [-0.1, -0.05) is 11.8 Å². The van der Waals surface area contributed by atoms with E-state index in [2.05, 4.69) is 28.4 Å². The van der Waals surface area contributed by atoms with Gasteiger partial charge in [-0.25, -0.2) is 4.98 Å². The van der Waals surface area contributed by atoms with E-state index in [9.17, 15) is 0 Å². The summed E-state index contributed by atoms with van der Waals surface area (Å²) >= 11 is 4.97. The Morgan fingerprint density at radius 3 is 2.59 bits per heavy atom. The van der Waals surface area contributed by atoms with Gasteiger partial charge in [0.05, 0.1) is 5.25 Å². The predicted molar refractivity (Wildman–Crippen MR) is 75.9 cm³/mol. The van der Waals surface area contributed by atoms with Gasteiger partial charge in [-0.05, 0) is 44.4 Å². The highest BCUT2D eigenvalue weighted by Gasteiger charge is 2.21. The Morgan fingerprint density at radius 1 is 1.35 bits per heavy atom. The monoisotopic (exact) mass is 285 g/mol. The average Bonchev–Trinajstić information content (AvgIpc) is 2.83. The van der Waals surface area contributed by atoms with Crippen LogP contribution >= 0.6 is 34.6 Å². The molecular weight excluding hydrogens is 270 g/mol. The number of nitrogens with zero attached hydrogens (tertiary/aromatic N) is 2. The SMILES string of the molecule is Cc1nsc(SC(c2ccc(C)s2)C(C)N)n1. The molecule has 17 heavy (non-hydrogen) atoms. The van der Waals surface area contributed by atoms with E-state index < -0.39 is 0 Å². The van der Waals surface area contributed by atoms with Crippen LogP contribution in [0.4, 0.5) is 0 Å². The quantitative estimate of drug-likeness (QED) is 0.875. The molecule has 2 heterocycles. The van der Waals surface area contributed by atoms with Crippen molar-refractivity contribution >= 4 is 34.6 Å². The van der Waals surface area contributed by atoms with Crippen molar-refractivity contribution in [3.63, 3.8) is 0 Å². The molecule has 2 aromatic heterocycles. The molecule has 0 amide bonds. The Balaban J connectivity index is 2.18. The molecule has 0 aliphatic rings. The maximum absolute atomic E-state index is 6.07. The molecule has 92 valence electrons. The minimum absolute atomic E-state index is 0.0993. The lowest BCUT2D eigenvalue weighted by Crippen LogP contribution is -2.21. The molecule has 2 unspecified atom stereocenters. The Bertz CT molecular complexity index is 490. The molecule has 0 saturated heterocycles. The standard InChI is InChI=1S/C11H15N3S3/c1-6-4-5-9(15-6)10(7(2)12)16-11-13-8(3)14-17-11/h4-5,7,10H,12H2,1-3H3. The third-order valence-corrected chi connectivity index (χ3v) is 5.83. The van der Waals surface area contributed by atoms with Crippen molar-refractivity contribution in [2.75, 3.05) is 0 Å². The van der Waals surface area contributed by atoms with Crippen LogP contribution in [0.25, 0.3) is 0 Å². The fourth-order valence-corrected chi connectivity index (χ4v) is 4.56. The minimum Gasteiger partial charge on any atom is -0.327 e. The van der Waals surface area contributed by atoms with E-state index in [1.54, 1.807) is 23.1 Å². The molecule has 2 aromatic rings. The van der Waals surface area contributed by atoms with Gasteiger partial charge in [-0.15, -0.1) is 11.3 Å². The zero-order valence-electron chi connectivity index (χ0n) is 10.0. The van der Waals surface area contributed by atoms with E-state index in [0.717, 1.165) is 10.2 Å². The second-order valence-corrected chi connectivity index (χ2v) is 7.41.